The van der Waals surface area contributed by atoms with E-state index in [0.717, 1.165) is 18.2 Å². The number of esters is 1. The van der Waals surface area contributed by atoms with Crippen LogP contribution in [-0.4, -0.2) is 23.3 Å². The second-order valence-electron chi connectivity index (χ2n) is 5.58. The van der Waals surface area contributed by atoms with E-state index in [2.05, 4.69) is 0 Å². The summed E-state index contributed by atoms with van der Waals surface area (Å²) in [6.07, 6.45) is 1.57. The van der Waals surface area contributed by atoms with Gasteiger partial charge in [0.1, 0.15) is 12.2 Å². The van der Waals surface area contributed by atoms with E-state index in [-0.39, 0.29) is 5.56 Å². The van der Waals surface area contributed by atoms with Crippen LogP contribution in [0.4, 0.5) is 14.5 Å². The van der Waals surface area contributed by atoms with Crippen molar-refractivity contribution < 1.29 is 28.0 Å². The number of carbonyl (C=O) groups excluding carboxylic acids is 2. The molecule has 0 radical (unpaired) electrons. The highest BCUT2D eigenvalue weighted by molar-refractivity contribution is 5.96. The molecule has 8 heteroatoms. The molecule has 0 unspecified atom stereocenters. The molecule has 0 fully saturated rings. The third-order valence-electron chi connectivity index (χ3n) is 3.60. The third kappa shape index (κ3) is 4.81. The molecule has 2 aromatic rings. The van der Waals surface area contributed by atoms with Gasteiger partial charge in [-0.05, 0) is 30.7 Å². The molecular formula is C19H15F2NO5. The Morgan fingerprint density at radius 3 is 2.48 bits per heavy atom. The number of benzene rings is 2. The molecule has 0 amide bonds. The number of aryl methyl sites for hydroxylation is 1. The Labute approximate surface area is 153 Å². The largest absolute Gasteiger partial charge is 0.458 e. The van der Waals surface area contributed by atoms with Crippen LogP contribution in [0, 0.1) is 17.0 Å². The number of alkyl halides is 2. The van der Waals surface area contributed by atoms with Crippen LogP contribution in [0.25, 0.3) is 0 Å². The van der Waals surface area contributed by atoms with Crippen molar-refractivity contribution in [3.8, 4) is 0 Å². The Bertz CT molecular complexity index is 894. The maximum absolute atomic E-state index is 14.0. The summed E-state index contributed by atoms with van der Waals surface area (Å²) in [4.78, 5) is 33.9. The minimum atomic E-state index is -3.71. The zero-order valence-electron chi connectivity index (χ0n) is 14.2. The maximum Gasteiger partial charge on any atom is 0.345 e. The standard InChI is InChI=1S/C19H15F2NO5/c1-13-9-10-15(16(12-13)22(25)26)18(24)27-11-5-8-17(23)19(20,21)14-6-3-2-4-7-14/h2-10,12H,11H2,1H3/b8-5+. The van der Waals surface area contributed by atoms with Crippen molar-refractivity contribution in [3.05, 3.63) is 87.5 Å². The Kier molecular flexibility index (Phi) is 6.12. The number of ether oxygens (including phenoxy) is 1. The fraction of sp³-hybridized carbons (Fsp3) is 0.158. The van der Waals surface area contributed by atoms with Crippen molar-refractivity contribution >= 4 is 17.4 Å². The number of hydrogen-bond acceptors (Lipinski definition) is 5. The van der Waals surface area contributed by atoms with E-state index < -0.39 is 40.5 Å². The highest BCUT2D eigenvalue weighted by Crippen LogP contribution is 2.29. The van der Waals surface area contributed by atoms with Crippen molar-refractivity contribution in [1.29, 1.82) is 0 Å². The number of nitrogens with zero attached hydrogens (tertiary/aromatic N) is 1. The average Bonchev–Trinajstić information content (AvgIpc) is 2.65. The molecule has 0 N–H and O–H groups in total. The smallest absolute Gasteiger partial charge is 0.345 e. The van der Waals surface area contributed by atoms with Gasteiger partial charge in [-0.1, -0.05) is 36.4 Å². The normalized spacial score (nSPS) is 11.4. The van der Waals surface area contributed by atoms with Crippen molar-refractivity contribution in [2.24, 2.45) is 0 Å². The molecule has 0 saturated carbocycles. The fourth-order valence-corrected chi connectivity index (χ4v) is 2.22. The van der Waals surface area contributed by atoms with E-state index in [1.54, 1.807) is 13.0 Å². The SMILES string of the molecule is Cc1ccc(C(=O)OC/C=C/C(=O)C(F)(F)c2ccccc2)c([N+](=O)[O-])c1. The van der Waals surface area contributed by atoms with Crippen molar-refractivity contribution in [2.45, 2.75) is 12.8 Å². The van der Waals surface area contributed by atoms with Gasteiger partial charge in [-0.25, -0.2) is 4.79 Å². The topological polar surface area (TPSA) is 86.5 Å². The first-order valence-electron chi connectivity index (χ1n) is 7.80. The molecule has 0 heterocycles. The van der Waals surface area contributed by atoms with E-state index >= 15 is 0 Å². The molecule has 0 aliphatic heterocycles. The van der Waals surface area contributed by atoms with Crippen molar-refractivity contribution in [1.82, 2.24) is 0 Å². The number of hydrogen-bond donors (Lipinski definition) is 0. The molecule has 0 aromatic heterocycles. The number of nitro groups is 1. The summed E-state index contributed by atoms with van der Waals surface area (Å²) < 4.78 is 32.8. The lowest BCUT2D eigenvalue weighted by Gasteiger charge is -2.12. The summed E-state index contributed by atoms with van der Waals surface area (Å²) in [6, 6.07) is 10.5. The van der Waals surface area contributed by atoms with E-state index in [4.69, 9.17) is 4.74 Å². The summed E-state index contributed by atoms with van der Waals surface area (Å²) >= 11 is 0. The molecule has 0 aliphatic carbocycles. The second-order valence-corrected chi connectivity index (χ2v) is 5.58. The van der Waals surface area contributed by atoms with Gasteiger partial charge in [0.25, 0.3) is 5.69 Å². The van der Waals surface area contributed by atoms with Gasteiger partial charge in [-0.3, -0.25) is 14.9 Å². The maximum atomic E-state index is 14.0. The lowest BCUT2D eigenvalue weighted by Crippen LogP contribution is -2.24. The van der Waals surface area contributed by atoms with Gasteiger partial charge in [0.05, 0.1) is 4.92 Å². The minimum Gasteiger partial charge on any atom is -0.458 e. The van der Waals surface area contributed by atoms with E-state index in [0.29, 0.717) is 11.6 Å². The van der Waals surface area contributed by atoms with Gasteiger partial charge >= 0.3 is 11.9 Å². The monoisotopic (exact) mass is 375 g/mol. The zero-order chi connectivity index (χ0) is 20.0. The summed E-state index contributed by atoms with van der Waals surface area (Å²) in [7, 11) is 0. The van der Waals surface area contributed by atoms with E-state index in [1.165, 1.54) is 30.3 Å². The van der Waals surface area contributed by atoms with Crippen molar-refractivity contribution in [3.63, 3.8) is 0 Å². The Hall–Kier alpha value is -3.42. The van der Waals surface area contributed by atoms with Gasteiger partial charge in [-0.15, -0.1) is 0 Å². The van der Waals surface area contributed by atoms with Crippen LogP contribution in [0.15, 0.2) is 60.7 Å². The van der Waals surface area contributed by atoms with Gasteiger partial charge in [0.2, 0.25) is 5.78 Å². The first-order valence-corrected chi connectivity index (χ1v) is 7.80. The summed E-state index contributed by atoms with van der Waals surface area (Å²) in [5.74, 6) is -6.17. The highest BCUT2D eigenvalue weighted by atomic mass is 19.3. The number of halogens is 2. The predicted octanol–water partition coefficient (Wildman–Crippen LogP) is 3.98. The van der Waals surface area contributed by atoms with E-state index in [1.807, 2.05) is 0 Å². The molecule has 2 rings (SSSR count). The van der Waals surface area contributed by atoms with Crippen LogP contribution in [0.5, 0.6) is 0 Å². The number of nitro benzene ring substituents is 1. The molecule has 0 atom stereocenters. The van der Waals surface area contributed by atoms with Crippen molar-refractivity contribution in [2.75, 3.05) is 6.61 Å². The van der Waals surface area contributed by atoms with Crippen LogP contribution < -0.4 is 0 Å². The van der Waals surface area contributed by atoms with Crippen LogP contribution in [0.3, 0.4) is 0 Å². The van der Waals surface area contributed by atoms with Gasteiger partial charge in [0, 0.05) is 11.6 Å². The van der Waals surface area contributed by atoms with Crippen LogP contribution in [0.2, 0.25) is 0 Å². The molecule has 27 heavy (non-hydrogen) atoms. The first-order chi connectivity index (χ1) is 12.7. The molecule has 6 nitrogen and oxygen atoms in total. The van der Waals surface area contributed by atoms with Crippen LogP contribution >= 0.6 is 0 Å². The summed E-state index contributed by atoms with van der Waals surface area (Å²) in [5.41, 5.74) is -0.547. The Morgan fingerprint density at radius 1 is 1.19 bits per heavy atom. The van der Waals surface area contributed by atoms with Crippen LogP contribution in [0.1, 0.15) is 21.5 Å². The number of carbonyl (C=O) groups is 2. The van der Waals surface area contributed by atoms with Gasteiger partial charge in [0.15, 0.2) is 0 Å². The number of rotatable bonds is 7. The molecule has 0 saturated heterocycles. The molecular weight excluding hydrogens is 360 g/mol. The number of allylic oxidation sites excluding steroid dienone is 1. The Morgan fingerprint density at radius 2 is 1.85 bits per heavy atom. The van der Waals surface area contributed by atoms with E-state index in [9.17, 15) is 28.5 Å². The van der Waals surface area contributed by atoms with Gasteiger partial charge in [-0.2, -0.15) is 8.78 Å². The molecule has 0 aliphatic rings. The molecule has 0 spiro atoms. The molecule has 140 valence electrons. The highest BCUT2D eigenvalue weighted by Gasteiger charge is 2.38. The fourth-order valence-electron chi connectivity index (χ4n) is 2.22. The Balaban J connectivity index is 2.01. The lowest BCUT2D eigenvalue weighted by molar-refractivity contribution is -0.385. The third-order valence-corrected chi connectivity index (χ3v) is 3.60. The quantitative estimate of drug-likeness (QED) is 0.316. The minimum absolute atomic E-state index is 0.264. The molecule has 2 aromatic carbocycles. The first kappa shape index (κ1) is 19.9. The van der Waals surface area contributed by atoms with Crippen LogP contribution in [-0.2, 0) is 15.5 Å². The second kappa shape index (κ2) is 8.31. The van der Waals surface area contributed by atoms with Gasteiger partial charge < -0.3 is 4.74 Å². The number of ketones is 1. The zero-order valence-corrected chi connectivity index (χ0v) is 14.2. The summed E-state index contributed by atoms with van der Waals surface area (Å²) in [5, 5.41) is 11.0. The molecule has 0 bridgehead atoms. The summed E-state index contributed by atoms with van der Waals surface area (Å²) in [6.45, 7) is 1.14. The predicted molar refractivity (Wildman–Crippen MR) is 92.6 cm³/mol. The lowest BCUT2D eigenvalue weighted by atomic mass is 10.0. The average molecular weight is 375 g/mol.